The highest BCUT2D eigenvalue weighted by atomic mass is 19.1. The molecule has 0 spiro atoms. The Morgan fingerprint density at radius 1 is 1.12 bits per heavy atom. The van der Waals surface area contributed by atoms with E-state index in [4.69, 9.17) is 6.42 Å². The summed E-state index contributed by atoms with van der Waals surface area (Å²) in [7, 11) is 0. The fourth-order valence-electron chi connectivity index (χ4n) is 1.81. The van der Waals surface area contributed by atoms with Crippen LogP contribution in [-0.4, -0.2) is 0 Å². The predicted molar refractivity (Wildman–Crippen MR) is 64.5 cm³/mol. The van der Waals surface area contributed by atoms with Gasteiger partial charge in [0.05, 0.1) is 0 Å². The average Bonchev–Trinajstić information content (AvgIpc) is 2.29. The van der Waals surface area contributed by atoms with E-state index in [2.05, 4.69) is 5.92 Å². The Bertz CT molecular complexity index is 607. The minimum Gasteiger partial charge on any atom is -0.207 e. The summed E-state index contributed by atoms with van der Waals surface area (Å²) >= 11 is 0. The number of rotatable bonds is 1. The van der Waals surface area contributed by atoms with Crippen molar-refractivity contribution in [1.29, 1.82) is 0 Å². The summed E-state index contributed by atoms with van der Waals surface area (Å²) in [6.07, 6.45) is 5.29. The molecule has 17 heavy (non-hydrogen) atoms. The zero-order valence-electron chi connectivity index (χ0n) is 9.30. The van der Waals surface area contributed by atoms with E-state index in [1.54, 1.807) is 12.1 Å². The maximum absolute atomic E-state index is 13.8. The quantitative estimate of drug-likeness (QED) is 0.649. The molecular weight excluding hydrogens is 218 g/mol. The maximum atomic E-state index is 13.8. The van der Waals surface area contributed by atoms with Gasteiger partial charge in [0, 0.05) is 17.2 Å². The van der Waals surface area contributed by atoms with Gasteiger partial charge in [0.2, 0.25) is 0 Å². The monoisotopic (exact) mass is 228 g/mol. The average molecular weight is 228 g/mol. The van der Waals surface area contributed by atoms with Gasteiger partial charge in [-0.25, -0.2) is 8.78 Å². The summed E-state index contributed by atoms with van der Waals surface area (Å²) < 4.78 is 26.9. The highest BCUT2D eigenvalue weighted by molar-refractivity contribution is 5.74. The molecule has 84 valence electrons. The third-order valence-electron chi connectivity index (χ3n) is 2.62. The van der Waals surface area contributed by atoms with Crippen molar-refractivity contribution in [2.75, 3.05) is 0 Å². The Balaban J connectivity index is 2.77. The van der Waals surface area contributed by atoms with Gasteiger partial charge in [0.1, 0.15) is 11.6 Å². The van der Waals surface area contributed by atoms with E-state index < -0.39 is 11.6 Å². The van der Waals surface area contributed by atoms with E-state index in [1.165, 1.54) is 6.07 Å². The van der Waals surface area contributed by atoms with Crippen molar-refractivity contribution in [3.63, 3.8) is 0 Å². The van der Waals surface area contributed by atoms with Crippen molar-refractivity contribution in [2.24, 2.45) is 0 Å². The van der Waals surface area contributed by atoms with Crippen LogP contribution in [0.4, 0.5) is 8.78 Å². The molecule has 0 amide bonds. The zero-order valence-corrected chi connectivity index (χ0v) is 9.30. The van der Waals surface area contributed by atoms with Crippen molar-refractivity contribution in [3.05, 3.63) is 59.2 Å². The predicted octanol–water partition coefficient (Wildman–Crippen LogP) is 3.92. The summed E-state index contributed by atoms with van der Waals surface area (Å²) in [6.45, 7) is 1.86. The number of benzene rings is 2. The topological polar surface area (TPSA) is 0 Å². The second kappa shape index (κ2) is 4.39. The van der Waals surface area contributed by atoms with Gasteiger partial charge in [-0.3, -0.25) is 0 Å². The van der Waals surface area contributed by atoms with E-state index in [0.29, 0.717) is 5.56 Å². The first-order valence-electron chi connectivity index (χ1n) is 5.15. The molecule has 0 nitrogen and oxygen atoms in total. The van der Waals surface area contributed by atoms with Crippen LogP contribution in [0.15, 0.2) is 36.4 Å². The van der Waals surface area contributed by atoms with Crippen molar-refractivity contribution < 1.29 is 8.78 Å². The summed E-state index contributed by atoms with van der Waals surface area (Å²) in [6, 6.07) is 9.31. The van der Waals surface area contributed by atoms with E-state index in [1.807, 2.05) is 19.1 Å². The molecule has 0 N–H and O–H groups in total. The summed E-state index contributed by atoms with van der Waals surface area (Å²) in [4.78, 5) is 0. The molecule has 0 aliphatic heterocycles. The number of hydrogen-bond acceptors (Lipinski definition) is 0. The smallest absolute Gasteiger partial charge is 0.135 e. The first-order chi connectivity index (χ1) is 8.13. The van der Waals surface area contributed by atoms with Gasteiger partial charge in [-0.05, 0) is 24.1 Å². The molecule has 0 bridgehead atoms. The van der Waals surface area contributed by atoms with E-state index in [9.17, 15) is 8.78 Å². The molecule has 0 radical (unpaired) electrons. The number of hydrogen-bond donors (Lipinski definition) is 0. The molecule has 0 fully saturated rings. The molecule has 0 aliphatic rings. The van der Waals surface area contributed by atoms with Gasteiger partial charge < -0.3 is 0 Å². The van der Waals surface area contributed by atoms with Crippen molar-refractivity contribution >= 4 is 0 Å². The van der Waals surface area contributed by atoms with Gasteiger partial charge >= 0.3 is 0 Å². The van der Waals surface area contributed by atoms with Gasteiger partial charge in [-0.1, -0.05) is 30.2 Å². The standard InChI is InChI=1S/C15H10F2/c1-3-11-8-12(16)9-14(17)15(11)13-7-5-4-6-10(13)2/h1,4-9H,2H3. The second-order valence-electron chi connectivity index (χ2n) is 3.77. The van der Waals surface area contributed by atoms with Crippen LogP contribution in [0.25, 0.3) is 11.1 Å². The van der Waals surface area contributed by atoms with Crippen molar-refractivity contribution in [1.82, 2.24) is 0 Å². The molecule has 2 aromatic rings. The molecule has 0 saturated carbocycles. The Morgan fingerprint density at radius 2 is 1.82 bits per heavy atom. The Labute approximate surface area is 98.9 Å². The largest absolute Gasteiger partial charge is 0.207 e. The number of terminal acetylenes is 1. The lowest BCUT2D eigenvalue weighted by molar-refractivity contribution is 0.585. The fraction of sp³-hybridized carbons (Fsp3) is 0.0667. The van der Waals surface area contributed by atoms with Crippen LogP contribution in [0.1, 0.15) is 11.1 Å². The number of aryl methyl sites for hydroxylation is 1. The van der Waals surface area contributed by atoms with Gasteiger partial charge in [-0.15, -0.1) is 6.42 Å². The van der Waals surface area contributed by atoms with Crippen molar-refractivity contribution in [2.45, 2.75) is 6.92 Å². The first-order valence-corrected chi connectivity index (χ1v) is 5.15. The first kappa shape index (κ1) is 11.3. The van der Waals surface area contributed by atoms with E-state index >= 15 is 0 Å². The molecule has 2 aromatic carbocycles. The van der Waals surface area contributed by atoms with Crippen LogP contribution in [0, 0.1) is 30.9 Å². The van der Waals surface area contributed by atoms with Crippen LogP contribution in [-0.2, 0) is 0 Å². The van der Waals surface area contributed by atoms with Crippen LogP contribution >= 0.6 is 0 Å². The molecular formula is C15H10F2. The molecule has 0 aromatic heterocycles. The summed E-state index contributed by atoms with van der Waals surface area (Å²) in [5.74, 6) is 1.03. The molecule has 2 heteroatoms. The SMILES string of the molecule is C#Cc1cc(F)cc(F)c1-c1ccccc1C. The van der Waals surface area contributed by atoms with E-state index in [-0.39, 0.29) is 11.1 Å². The minimum absolute atomic E-state index is 0.233. The lowest BCUT2D eigenvalue weighted by Crippen LogP contribution is -1.94. The molecule has 2 rings (SSSR count). The minimum atomic E-state index is -0.659. The second-order valence-corrected chi connectivity index (χ2v) is 3.77. The van der Waals surface area contributed by atoms with Crippen LogP contribution in [0.3, 0.4) is 0 Å². The van der Waals surface area contributed by atoms with Gasteiger partial charge in [0.15, 0.2) is 0 Å². The van der Waals surface area contributed by atoms with Gasteiger partial charge in [-0.2, -0.15) is 0 Å². The maximum Gasteiger partial charge on any atom is 0.135 e. The van der Waals surface area contributed by atoms with E-state index in [0.717, 1.165) is 11.6 Å². The van der Waals surface area contributed by atoms with Crippen LogP contribution < -0.4 is 0 Å². The summed E-state index contributed by atoms with van der Waals surface area (Å²) in [5, 5.41) is 0. The lowest BCUT2D eigenvalue weighted by Gasteiger charge is -2.09. The van der Waals surface area contributed by atoms with Crippen LogP contribution in [0.2, 0.25) is 0 Å². The lowest BCUT2D eigenvalue weighted by atomic mass is 9.95. The third-order valence-corrected chi connectivity index (χ3v) is 2.62. The summed E-state index contributed by atoms with van der Waals surface area (Å²) in [5.41, 5.74) is 2.11. The Hall–Kier alpha value is -2.14. The van der Waals surface area contributed by atoms with Gasteiger partial charge in [0.25, 0.3) is 0 Å². The normalized spacial score (nSPS) is 10.0. The molecule has 0 saturated heterocycles. The zero-order chi connectivity index (χ0) is 12.4. The molecule has 0 unspecified atom stereocenters. The highest BCUT2D eigenvalue weighted by Crippen LogP contribution is 2.29. The Kier molecular flexibility index (Phi) is 2.93. The third kappa shape index (κ3) is 2.05. The van der Waals surface area contributed by atoms with Crippen molar-refractivity contribution in [3.8, 4) is 23.5 Å². The highest BCUT2D eigenvalue weighted by Gasteiger charge is 2.13. The van der Waals surface area contributed by atoms with Crippen LogP contribution in [0.5, 0.6) is 0 Å². The molecule has 0 aliphatic carbocycles. The fourth-order valence-corrected chi connectivity index (χ4v) is 1.81. The number of halogens is 2. The molecule has 0 atom stereocenters. The Morgan fingerprint density at radius 3 is 2.47 bits per heavy atom. The molecule has 0 heterocycles.